The average Bonchev–Trinajstić information content (AvgIpc) is 3.13. The Morgan fingerprint density at radius 2 is 1.00 bits per heavy atom. The predicted octanol–water partition coefficient (Wildman–Crippen LogP) is 6.25. The van der Waals surface area contributed by atoms with Gasteiger partial charge in [0.05, 0.1) is 0 Å². The zero-order chi connectivity index (χ0) is 20.4. The van der Waals surface area contributed by atoms with E-state index in [9.17, 15) is 0 Å². The van der Waals surface area contributed by atoms with Crippen molar-refractivity contribution in [2.24, 2.45) is 0 Å². The highest BCUT2D eigenvalue weighted by Crippen LogP contribution is 2.68. The van der Waals surface area contributed by atoms with Crippen LogP contribution in [0.3, 0.4) is 0 Å². The molecule has 2 nitrogen and oxygen atoms in total. The van der Waals surface area contributed by atoms with Crippen LogP contribution in [-0.2, 0) is 0 Å². The molecule has 150 valence electrons. The van der Waals surface area contributed by atoms with Crippen LogP contribution < -0.4 is 20.1 Å². The standard InChI is InChI=1S/C24H32O2P2/c1-15-11-9-13-17-19(15)27(23(3,4)5)21(25-17)22-26-18-14-10-12-16(2)20(18)28(22)24(6,7)8/h9-14,21-22H,1-8H3/t21-,22?,27-,28-/m0/s1. The third-order valence-corrected chi connectivity index (χ3v) is 12.6. The van der Waals surface area contributed by atoms with Crippen LogP contribution in [0.1, 0.15) is 52.7 Å². The number of hydrogen-bond donors (Lipinski definition) is 0. The summed E-state index contributed by atoms with van der Waals surface area (Å²) in [6.45, 7) is 18.6. The van der Waals surface area contributed by atoms with E-state index in [0.29, 0.717) is 0 Å². The van der Waals surface area contributed by atoms with Gasteiger partial charge in [-0.1, -0.05) is 65.8 Å². The van der Waals surface area contributed by atoms with Crippen molar-refractivity contribution < 1.29 is 9.47 Å². The lowest BCUT2D eigenvalue weighted by molar-refractivity contribution is 0.171. The fraction of sp³-hybridized carbons (Fsp3) is 0.500. The molecule has 1 unspecified atom stereocenters. The summed E-state index contributed by atoms with van der Waals surface area (Å²) in [7, 11) is -1.03. The molecule has 0 bridgehead atoms. The van der Waals surface area contributed by atoms with Gasteiger partial charge < -0.3 is 9.47 Å². The first-order valence-electron chi connectivity index (χ1n) is 10.1. The lowest BCUT2D eigenvalue weighted by Crippen LogP contribution is -2.38. The molecule has 4 rings (SSSR count). The molecule has 2 aromatic rings. The number of hydrogen-bond acceptors (Lipinski definition) is 2. The zero-order valence-electron chi connectivity index (χ0n) is 18.3. The Morgan fingerprint density at radius 3 is 1.32 bits per heavy atom. The Kier molecular flexibility index (Phi) is 4.84. The smallest absolute Gasteiger partial charge is 0.162 e. The van der Waals surface area contributed by atoms with E-state index in [1.54, 1.807) is 0 Å². The predicted molar refractivity (Wildman–Crippen MR) is 124 cm³/mol. The highest BCUT2D eigenvalue weighted by atomic mass is 31.1. The minimum Gasteiger partial charge on any atom is -0.481 e. The van der Waals surface area contributed by atoms with Crippen molar-refractivity contribution in [2.75, 3.05) is 0 Å². The van der Waals surface area contributed by atoms with Crippen LogP contribution in [0.5, 0.6) is 11.5 Å². The first-order chi connectivity index (χ1) is 13.0. The number of rotatable bonds is 1. The molecule has 0 aliphatic carbocycles. The van der Waals surface area contributed by atoms with Gasteiger partial charge in [0.25, 0.3) is 0 Å². The number of aryl methyl sites for hydroxylation is 2. The Hall–Kier alpha value is -1.10. The van der Waals surface area contributed by atoms with E-state index < -0.39 is 15.8 Å². The first kappa shape index (κ1) is 20.2. The molecule has 0 saturated heterocycles. The van der Waals surface area contributed by atoms with Crippen LogP contribution in [0, 0.1) is 13.8 Å². The van der Waals surface area contributed by atoms with E-state index in [1.807, 2.05) is 0 Å². The fourth-order valence-corrected chi connectivity index (χ4v) is 11.4. The third-order valence-electron chi connectivity index (χ3n) is 5.58. The molecule has 4 heteroatoms. The van der Waals surface area contributed by atoms with E-state index in [0.717, 1.165) is 11.5 Å². The van der Waals surface area contributed by atoms with Crippen molar-refractivity contribution in [3.63, 3.8) is 0 Å². The molecule has 0 N–H and O–H groups in total. The highest BCUT2D eigenvalue weighted by Gasteiger charge is 2.54. The van der Waals surface area contributed by atoms with Gasteiger partial charge in [-0.15, -0.1) is 0 Å². The molecule has 0 radical (unpaired) electrons. The summed E-state index contributed by atoms with van der Waals surface area (Å²) in [6.07, 6.45) is 0. The summed E-state index contributed by atoms with van der Waals surface area (Å²) < 4.78 is 13.5. The molecule has 0 aromatic heterocycles. The van der Waals surface area contributed by atoms with Crippen molar-refractivity contribution in [2.45, 2.75) is 77.4 Å². The summed E-state index contributed by atoms with van der Waals surface area (Å²) in [5.41, 5.74) is 2.71. The minimum atomic E-state index is -0.514. The number of fused-ring (bicyclic) bond motifs is 2. The number of benzene rings is 2. The first-order valence-corrected chi connectivity index (χ1v) is 12.9. The maximum atomic E-state index is 6.73. The fourth-order valence-electron chi connectivity index (χ4n) is 4.50. The van der Waals surface area contributed by atoms with Gasteiger partial charge in [0.2, 0.25) is 0 Å². The minimum absolute atomic E-state index is 0.100. The summed E-state index contributed by atoms with van der Waals surface area (Å²) in [6, 6.07) is 13.0. The Morgan fingerprint density at radius 1 is 0.643 bits per heavy atom. The van der Waals surface area contributed by atoms with Crippen LogP contribution in [0.25, 0.3) is 0 Å². The molecular weight excluding hydrogens is 382 g/mol. The van der Waals surface area contributed by atoms with Crippen LogP contribution in [-0.4, -0.2) is 22.0 Å². The van der Waals surface area contributed by atoms with E-state index >= 15 is 0 Å². The quantitative estimate of drug-likeness (QED) is 0.514. The Labute approximate surface area is 172 Å². The van der Waals surface area contributed by atoms with Crippen LogP contribution in [0.4, 0.5) is 0 Å². The zero-order valence-corrected chi connectivity index (χ0v) is 20.1. The van der Waals surface area contributed by atoms with Gasteiger partial charge in [0, 0.05) is 10.6 Å². The second-order valence-corrected chi connectivity index (χ2v) is 16.0. The molecule has 0 spiro atoms. The second kappa shape index (κ2) is 6.72. The van der Waals surface area contributed by atoms with Gasteiger partial charge in [-0.2, -0.15) is 0 Å². The highest BCUT2D eigenvalue weighted by molar-refractivity contribution is 7.72. The van der Waals surface area contributed by atoms with Gasteiger partial charge in [-0.3, -0.25) is 0 Å². The molecule has 28 heavy (non-hydrogen) atoms. The lowest BCUT2D eigenvalue weighted by Gasteiger charge is -2.39. The van der Waals surface area contributed by atoms with Crippen molar-refractivity contribution in [1.82, 2.24) is 0 Å². The van der Waals surface area contributed by atoms with Crippen LogP contribution in [0.2, 0.25) is 0 Å². The van der Waals surface area contributed by atoms with E-state index in [2.05, 4.69) is 91.8 Å². The maximum Gasteiger partial charge on any atom is 0.162 e. The number of ether oxygens (including phenoxy) is 2. The summed E-state index contributed by atoms with van der Waals surface area (Å²) >= 11 is 0. The molecule has 2 aliphatic heterocycles. The molecule has 0 fully saturated rings. The second-order valence-electron chi connectivity index (χ2n) is 9.94. The van der Waals surface area contributed by atoms with E-state index in [1.165, 1.54) is 21.7 Å². The summed E-state index contributed by atoms with van der Waals surface area (Å²) in [5.74, 6) is 2.35. The van der Waals surface area contributed by atoms with Crippen LogP contribution >= 0.6 is 15.8 Å². The van der Waals surface area contributed by atoms with Crippen molar-refractivity contribution >= 4 is 26.5 Å². The topological polar surface area (TPSA) is 18.5 Å². The van der Waals surface area contributed by atoms with Crippen LogP contribution in [0.15, 0.2) is 36.4 Å². The van der Waals surface area contributed by atoms with Gasteiger partial charge in [-0.05, 0) is 63.3 Å². The van der Waals surface area contributed by atoms with Gasteiger partial charge in [-0.25, -0.2) is 0 Å². The molecule has 0 amide bonds. The van der Waals surface area contributed by atoms with Gasteiger partial charge in [0.15, 0.2) is 11.7 Å². The lowest BCUT2D eigenvalue weighted by atomic mass is 10.2. The summed E-state index contributed by atoms with van der Waals surface area (Å²) in [4.78, 5) is 0. The molecule has 0 saturated carbocycles. The monoisotopic (exact) mass is 414 g/mol. The van der Waals surface area contributed by atoms with Crippen molar-refractivity contribution in [3.8, 4) is 11.5 Å². The van der Waals surface area contributed by atoms with Crippen molar-refractivity contribution in [3.05, 3.63) is 47.5 Å². The Balaban J connectivity index is 1.84. The molecular formula is C24H32O2P2. The average molecular weight is 414 g/mol. The summed E-state index contributed by atoms with van der Waals surface area (Å²) in [5, 5.41) is 3.19. The SMILES string of the molecule is Cc1cccc2c1[P@](C(C)(C)C)C([C@H]1Oc3cccc(C)c3[P@]1C(C)(C)C)O2. The Bertz CT molecular complexity index is 832. The van der Waals surface area contributed by atoms with E-state index in [4.69, 9.17) is 9.47 Å². The van der Waals surface area contributed by atoms with Gasteiger partial charge >= 0.3 is 0 Å². The molecule has 2 heterocycles. The maximum absolute atomic E-state index is 6.73. The molecule has 4 atom stereocenters. The van der Waals surface area contributed by atoms with Crippen molar-refractivity contribution in [1.29, 1.82) is 0 Å². The molecule has 2 aliphatic rings. The third kappa shape index (κ3) is 3.18. The van der Waals surface area contributed by atoms with Gasteiger partial charge in [0.1, 0.15) is 11.5 Å². The molecule has 2 aromatic carbocycles. The van der Waals surface area contributed by atoms with E-state index in [-0.39, 0.29) is 22.0 Å². The normalized spacial score (nSPS) is 26.4. The largest absolute Gasteiger partial charge is 0.481 e.